The van der Waals surface area contributed by atoms with Crippen LogP contribution in [0.1, 0.15) is 22.3 Å². The van der Waals surface area contributed by atoms with E-state index < -0.39 is 5.79 Å². The predicted molar refractivity (Wildman–Crippen MR) is 69.8 cm³/mol. The summed E-state index contributed by atoms with van der Waals surface area (Å²) >= 11 is 0. The smallest absolute Gasteiger partial charge is 0.223 e. The van der Waals surface area contributed by atoms with Crippen LogP contribution in [-0.4, -0.2) is 7.11 Å². The van der Waals surface area contributed by atoms with Crippen molar-refractivity contribution < 1.29 is 14.2 Å². The maximum atomic E-state index is 6.02. The highest BCUT2D eigenvalue weighted by Crippen LogP contribution is 2.48. The van der Waals surface area contributed by atoms with Crippen LogP contribution >= 0.6 is 0 Å². The van der Waals surface area contributed by atoms with Crippen LogP contribution in [0.5, 0.6) is 5.75 Å². The molecule has 96 valence electrons. The monoisotopic (exact) mass is 254 g/mol. The van der Waals surface area contributed by atoms with Crippen molar-refractivity contribution in [3.05, 3.63) is 64.7 Å². The molecule has 0 saturated carbocycles. The Morgan fingerprint density at radius 1 is 0.947 bits per heavy atom. The summed E-state index contributed by atoms with van der Waals surface area (Å²) in [6.45, 7) is 1.16. The Hall–Kier alpha value is -1.84. The van der Waals surface area contributed by atoms with E-state index >= 15 is 0 Å². The first-order chi connectivity index (χ1) is 9.33. The molecule has 1 atom stereocenters. The average molecular weight is 254 g/mol. The average Bonchev–Trinajstić information content (AvgIpc) is 3.03. The quantitative estimate of drug-likeness (QED) is 0.783. The summed E-state index contributed by atoms with van der Waals surface area (Å²) in [5.74, 6) is 0.142. The fourth-order valence-corrected chi connectivity index (χ4v) is 2.96. The van der Waals surface area contributed by atoms with E-state index in [1.54, 1.807) is 7.11 Å². The van der Waals surface area contributed by atoms with E-state index in [1.807, 2.05) is 30.3 Å². The van der Waals surface area contributed by atoms with Crippen molar-refractivity contribution in [1.29, 1.82) is 0 Å². The van der Waals surface area contributed by atoms with Gasteiger partial charge in [-0.25, -0.2) is 0 Å². The Balaban J connectivity index is 1.89. The molecule has 2 aliphatic heterocycles. The summed E-state index contributed by atoms with van der Waals surface area (Å²) in [7, 11) is 1.68. The first-order valence-electron chi connectivity index (χ1n) is 6.37. The molecule has 4 rings (SSSR count). The van der Waals surface area contributed by atoms with E-state index in [-0.39, 0.29) is 0 Å². The minimum absolute atomic E-state index is 0.556. The third-order valence-electron chi connectivity index (χ3n) is 3.90. The lowest BCUT2D eigenvalue weighted by atomic mass is 9.94. The van der Waals surface area contributed by atoms with Gasteiger partial charge in [-0.15, -0.1) is 0 Å². The van der Waals surface area contributed by atoms with E-state index in [0.717, 1.165) is 22.4 Å². The lowest BCUT2D eigenvalue weighted by molar-refractivity contribution is -0.200. The van der Waals surface area contributed by atoms with Crippen molar-refractivity contribution >= 4 is 0 Å². The SMILES string of the molecule is COc1ccc2c(c1)COC21OCc2ccccc21. The molecule has 0 amide bonds. The first kappa shape index (κ1) is 11.0. The van der Waals surface area contributed by atoms with Crippen LogP contribution in [-0.2, 0) is 28.5 Å². The van der Waals surface area contributed by atoms with Gasteiger partial charge in [0.05, 0.1) is 20.3 Å². The van der Waals surface area contributed by atoms with E-state index in [4.69, 9.17) is 14.2 Å². The molecule has 0 aliphatic carbocycles. The van der Waals surface area contributed by atoms with Gasteiger partial charge in [-0.2, -0.15) is 0 Å². The molecule has 1 unspecified atom stereocenters. The summed E-state index contributed by atoms with van der Waals surface area (Å²) in [5, 5.41) is 0. The topological polar surface area (TPSA) is 27.7 Å². The number of fused-ring (bicyclic) bond motifs is 4. The van der Waals surface area contributed by atoms with Crippen LogP contribution in [0.25, 0.3) is 0 Å². The first-order valence-corrected chi connectivity index (χ1v) is 6.37. The molecule has 2 aromatic carbocycles. The van der Waals surface area contributed by atoms with Gasteiger partial charge in [0, 0.05) is 11.1 Å². The van der Waals surface area contributed by atoms with Crippen LogP contribution in [0.3, 0.4) is 0 Å². The van der Waals surface area contributed by atoms with Crippen LogP contribution < -0.4 is 4.74 Å². The van der Waals surface area contributed by atoms with Gasteiger partial charge in [0.2, 0.25) is 5.79 Å². The van der Waals surface area contributed by atoms with Crippen LogP contribution in [0.4, 0.5) is 0 Å². The lowest BCUT2D eigenvalue weighted by Gasteiger charge is -2.24. The minimum Gasteiger partial charge on any atom is -0.497 e. The Labute approximate surface area is 111 Å². The zero-order chi connectivity index (χ0) is 12.9. The predicted octanol–water partition coefficient (Wildman–Crippen LogP) is 2.96. The fourth-order valence-electron chi connectivity index (χ4n) is 2.96. The van der Waals surface area contributed by atoms with Gasteiger partial charge in [0.15, 0.2) is 0 Å². The van der Waals surface area contributed by atoms with E-state index in [1.165, 1.54) is 5.56 Å². The number of ether oxygens (including phenoxy) is 3. The maximum Gasteiger partial charge on any atom is 0.223 e. The molecule has 0 saturated heterocycles. The minimum atomic E-state index is -0.710. The second-order valence-electron chi connectivity index (χ2n) is 4.87. The number of hydrogen-bond donors (Lipinski definition) is 0. The summed E-state index contributed by atoms with van der Waals surface area (Å²) in [4.78, 5) is 0. The highest BCUT2D eigenvalue weighted by Gasteiger charge is 2.47. The number of benzene rings is 2. The lowest BCUT2D eigenvalue weighted by Crippen LogP contribution is -2.25. The normalized spacial score (nSPS) is 23.4. The molecule has 2 heterocycles. The highest BCUT2D eigenvalue weighted by molar-refractivity contribution is 5.49. The molecular formula is C16H14O3. The number of hydrogen-bond acceptors (Lipinski definition) is 3. The number of rotatable bonds is 1. The standard InChI is InChI=1S/C16H14O3/c1-17-13-6-7-15-12(8-13)10-19-16(15)14-5-3-2-4-11(14)9-18-16/h2-8H,9-10H2,1H3. The third kappa shape index (κ3) is 1.40. The highest BCUT2D eigenvalue weighted by atomic mass is 16.7. The largest absolute Gasteiger partial charge is 0.497 e. The van der Waals surface area contributed by atoms with Crippen molar-refractivity contribution in [2.45, 2.75) is 19.0 Å². The van der Waals surface area contributed by atoms with Gasteiger partial charge >= 0.3 is 0 Å². The zero-order valence-corrected chi connectivity index (χ0v) is 10.7. The Morgan fingerprint density at radius 2 is 1.68 bits per heavy atom. The van der Waals surface area contributed by atoms with E-state index in [0.29, 0.717) is 13.2 Å². The molecule has 0 radical (unpaired) electrons. The zero-order valence-electron chi connectivity index (χ0n) is 10.7. The summed E-state index contributed by atoms with van der Waals surface area (Å²) < 4.78 is 17.3. The van der Waals surface area contributed by atoms with Gasteiger partial charge in [0.1, 0.15) is 5.75 Å². The summed E-state index contributed by atoms with van der Waals surface area (Å²) in [6, 6.07) is 14.3. The molecule has 0 bridgehead atoms. The molecule has 1 spiro atoms. The van der Waals surface area contributed by atoms with Crippen molar-refractivity contribution in [3.63, 3.8) is 0 Å². The van der Waals surface area contributed by atoms with E-state index in [2.05, 4.69) is 12.1 Å². The molecule has 0 fully saturated rings. The Morgan fingerprint density at radius 3 is 2.53 bits per heavy atom. The Bertz CT molecular complexity index is 650. The molecule has 19 heavy (non-hydrogen) atoms. The van der Waals surface area contributed by atoms with Crippen molar-refractivity contribution in [1.82, 2.24) is 0 Å². The molecule has 0 aromatic heterocycles. The Kier molecular flexibility index (Phi) is 2.22. The van der Waals surface area contributed by atoms with Gasteiger partial charge in [0.25, 0.3) is 0 Å². The van der Waals surface area contributed by atoms with Gasteiger partial charge < -0.3 is 14.2 Å². The molecule has 3 heteroatoms. The van der Waals surface area contributed by atoms with Crippen LogP contribution in [0.2, 0.25) is 0 Å². The van der Waals surface area contributed by atoms with Gasteiger partial charge in [-0.3, -0.25) is 0 Å². The molecular weight excluding hydrogens is 240 g/mol. The van der Waals surface area contributed by atoms with Crippen molar-refractivity contribution in [3.8, 4) is 5.75 Å². The second-order valence-corrected chi connectivity index (χ2v) is 4.87. The van der Waals surface area contributed by atoms with Gasteiger partial charge in [-0.1, -0.05) is 24.3 Å². The van der Waals surface area contributed by atoms with Crippen LogP contribution in [0, 0.1) is 0 Å². The molecule has 2 aromatic rings. The maximum absolute atomic E-state index is 6.02. The molecule has 2 aliphatic rings. The third-order valence-corrected chi connectivity index (χ3v) is 3.90. The summed E-state index contributed by atoms with van der Waals surface area (Å²) in [6.07, 6.45) is 0. The van der Waals surface area contributed by atoms with Crippen molar-refractivity contribution in [2.24, 2.45) is 0 Å². The number of methoxy groups -OCH3 is 1. The van der Waals surface area contributed by atoms with Crippen LogP contribution in [0.15, 0.2) is 42.5 Å². The molecule has 3 nitrogen and oxygen atoms in total. The summed E-state index contributed by atoms with van der Waals surface area (Å²) in [5.41, 5.74) is 4.55. The second kappa shape index (κ2) is 3.83. The van der Waals surface area contributed by atoms with Gasteiger partial charge in [-0.05, 0) is 29.3 Å². The molecule has 0 N–H and O–H groups in total. The van der Waals surface area contributed by atoms with E-state index in [9.17, 15) is 0 Å². The van der Waals surface area contributed by atoms with Crippen molar-refractivity contribution in [2.75, 3.05) is 7.11 Å². The fraction of sp³-hybridized carbons (Fsp3) is 0.250.